The van der Waals surface area contributed by atoms with Crippen molar-refractivity contribution in [2.45, 2.75) is 34.2 Å². The second kappa shape index (κ2) is 5.51. The Morgan fingerprint density at radius 3 is 2.48 bits per heavy atom. The Kier molecular flexibility index (Phi) is 3.93. The van der Waals surface area contributed by atoms with E-state index in [4.69, 9.17) is 4.74 Å². The van der Waals surface area contributed by atoms with Gasteiger partial charge in [0, 0.05) is 6.54 Å². The molecule has 0 saturated carbocycles. The highest BCUT2D eigenvalue weighted by Crippen LogP contribution is 2.21. The van der Waals surface area contributed by atoms with Crippen molar-refractivity contribution in [3.63, 3.8) is 0 Å². The van der Waals surface area contributed by atoms with Gasteiger partial charge in [0.15, 0.2) is 11.4 Å². The van der Waals surface area contributed by atoms with Crippen molar-refractivity contribution in [2.75, 3.05) is 6.61 Å². The summed E-state index contributed by atoms with van der Waals surface area (Å²) in [6.45, 7) is 7.28. The summed E-state index contributed by atoms with van der Waals surface area (Å²) in [5.41, 5.74) is -0.106. The fourth-order valence-corrected chi connectivity index (χ4v) is 2.43. The van der Waals surface area contributed by atoms with Gasteiger partial charge in [0.1, 0.15) is 16.9 Å². The molecule has 0 bridgehead atoms. The van der Waals surface area contributed by atoms with Crippen molar-refractivity contribution < 1.29 is 14.3 Å². The first-order valence-corrected chi connectivity index (χ1v) is 6.73. The molecule has 0 fully saturated rings. The lowest BCUT2D eigenvalue weighted by atomic mass is 10.1. The number of esters is 1. The molecule has 0 saturated heterocycles. The van der Waals surface area contributed by atoms with Crippen LogP contribution in [0.1, 0.15) is 47.3 Å². The normalized spacial score (nSPS) is 10.9. The third kappa shape index (κ3) is 2.35. The Hall–Kier alpha value is -2.44. The van der Waals surface area contributed by atoms with E-state index in [1.165, 1.54) is 6.92 Å². The summed E-state index contributed by atoms with van der Waals surface area (Å²) in [4.78, 5) is 42.9. The Bertz CT molecular complexity index is 786. The van der Waals surface area contributed by atoms with E-state index in [-0.39, 0.29) is 23.4 Å². The van der Waals surface area contributed by atoms with Crippen molar-refractivity contribution in [3.05, 3.63) is 27.3 Å². The lowest BCUT2D eigenvalue weighted by Crippen LogP contribution is -2.24. The number of aryl methyl sites for hydroxylation is 2. The van der Waals surface area contributed by atoms with E-state index in [1.54, 1.807) is 18.4 Å². The maximum Gasteiger partial charge on any atom is 0.341 e. The minimum Gasteiger partial charge on any atom is -0.462 e. The molecule has 0 amide bonds. The maximum atomic E-state index is 12.2. The van der Waals surface area contributed by atoms with Gasteiger partial charge in [-0.05, 0) is 27.7 Å². The highest BCUT2D eigenvalue weighted by Gasteiger charge is 2.26. The second-order valence-electron chi connectivity index (χ2n) is 4.58. The van der Waals surface area contributed by atoms with Crippen LogP contribution in [0.2, 0.25) is 0 Å². The van der Waals surface area contributed by atoms with Crippen molar-refractivity contribution in [2.24, 2.45) is 0 Å². The largest absolute Gasteiger partial charge is 0.462 e. The molecular formula is C14H17N3O4. The third-order valence-corrected chi connectivity index (χ3v) is 3.25. The molecule has 0 aliphatic carbocycles. The number of nitrogens with one attached hydrogen (secondary N) is 1. The van der Waals surface area contributed by atoms with E-state index >= 15 is 0 Å². The summed E-state index contributed by atoms with van der Waals surface area (Å²) < 4.78 is 6.77. The first kappa shape index (κ1) is 15.0. The van der Waals surface area contributed by atoms with E-state index in [2.05, 4.69) is 9.97 Å². The summed E-state index contributed by atoms with van der Waals surface area (Å²) in [5, 5.41) is 0. The average Bonchev–Trinajstić information content (AvgIpc) is 2.71. The highest BCUT2D eigenvalue weighted by molar-refractivity contribution is 6.11. The van der Waals surface area contributed by atoms with Gasteiger partial charge in [0.2, 0.25) is 0 Å². The molecule has 2 aromatic heterocycles. The summed E-state index contributed by atoms with van der Waals surface area (Å²) in [5.74, 6) is -0.523. The van der Waals surface area contributed by atoms with Gasteiger partial charge in [-0.15, -0.1) is 0 Å². The van der Waals surface area contributed by atoms with Gasteiger partial charge >= 0.3 is 5.97 Å². The highest BCUT2D eigenvalue weighted by atomic mass is 16.5. The number of Topliss-reactive ketones (excluding diaryl/α,β-unsaturated/α-hetero) is 1. The van der Waals surface area contributed by atoms with E-state index in [0.29, 0.717) is 17.9 Å². The topological polar surface area (TPSA) is 94.1 Å². The molecule has 0 unspecified atom stereocenters. The number of rotatable bonds is 4. The summed E-state index contributed by atoms with van der Waals surface area (Å²) >= 11 is 0. The van der Waals surface area contributed by atoms with Crippen LogP contribution in [-0.2, 0) is 11.3 Å². The van der Waals surface area contributed by atoms with Crippen LogP contribution < -0.4 is 5.56 Å². The molecule has 7 nitrogen and oxygen atoms in total. The molecule has 0 aliphatic heterocycles. The van der Waals surface area contributed by atoms with Gasteiger partial charge in [0.05, 0.1) is 12.2 Å². The number of hydrogen-bond donors (Lipinski definition) is 1. The molecule has 0 aromatic carbocycles. The van der Waals surface area contributed by atoms with Crippen molar-refractivity contribution in [3.8, 4) is 0 Å². The summed E-state index contributed by atoms with van der Waals surface area (Å²) in [6, 6.07) is 0. The zero-order valence-electron chi connectivity index (χ0n) is 12.4. The van der Waals surface area contributed by atoms with Crippen LogP contribution in [0.15, 0.2) is 4.79 Å². The number of carbonyl (C=O) groups is 2. The predicted molar refractivity (Wildman–Crippen MR) is 76.7 cm³/mol. The molecule has 1 N–H and O–H groups in total. The minimum atomic E-state index is -0.687. The lowest BCUT2D eigenvalue weighted by Gasteiger charge is -2.10. The number of carbonyl (C=O) groups excluding carboxylic acids is 2. The predicted octanol–water partition coefficient (Wildman–Crippen LogP) is 1.43. The van der Waals surface area contributed by atoms with Gasteiger partial charge in [-0.25, -0.2) is 9.78 Å². The van der Waals surface area contributed by atoms with Gasteiger partial charge in [0.25, 0.3) is 5.56 Å². The van der Waals surface area contributed by atoms with Crippen LogP contribution in [0, 0.1) is 6.92 Å². The van der Waals surface area contributed by atoms with Gasteiger partial charge in [-0.3, -0.25) is 9.59 Å². The van der Waals surface area contributed by atoms with Crippen LogP contribution in [0.5, 0.6) is 0 Å². The Balaban J connectivity index is 2.98. The zero-order chi connectivity index (χ0) is 15.7. The SMILES string of the molecule is CCOC(=O)c1c(C(C)=O)c(=O)[nH]c2nc(C)n(CC)c12. The fourth-order valence-electron chi connectivity index (χ4n) is 2.43. The van der Waals surface area contributed by atoms with Crippen LogP contribution in [0.3, 0.4) is 0 Å². The fraction of sp³-hybridized carbons (Fsp3) is 0.429. The molecule has 0 aliphatic rings. The van der Waals surface area contributed by atoms with E-state index in [1.807, 2.05) is 6.92 Å². The molecule has 0 atom stereocenters. The molecule has 21 heavy (non-hydrogen) atoms. The van der Waals surface area contributed by atoms with Crippen LogP contribution in [0.25, 0.3) is 11.2 Å². The smallest absolute Gasteiger partial charge is 0.341 e. The third-order valence-electron chi connectivity index (χ3n) is 3.25. The number of ether oxygens (including phenoxy) is 1. The summed E-state index contributed by atoms with van der Waals surface area (Å²) in [6.07, 6.45) is 0. The zero-order valence-corrected chi connectivity index (χ0v) is 12.4. The number of ketones is 1. The van der Waals surface area contributed by atoms with Gasteiger partial charge in [-0.2, -0.15) is 0 Å². The second-order valence-corrected chi connectivity index (χ2v) is 4.58. The van der Waals surface area contributed by atoms with Gasteiger partial charge < -0.3 is 14.3 Å². The van der Waals surface area contributed by atoms with Crippen molar-refractivity contribution in [1.82, 2.24) is 14.5 Å². The van der Waals surface area contributed by atoms with E-state index in [0.717, 1.165) is 0 Å². The van der Waals surface area contributed by atoms with E-state index < -0.39 is 17.3 Å². The molecule has 2 heterocycles. The number of hydrogen-bond acceptors (Lipinski definition) is 5. The average molecular weight is 291 g/mol. The standard InChI is InChI=1S/C14H17N3O4/c1-5-17-8(4)15-12-11(17)10(14(20)21-6-2)9(7(3)18)13(19)16-12/h5-6H2,1-4H3,(H,16,19). The van der Waals surface area contributed by atoms with Crippen molar-refractivity contribution in [1.29, 1.82) is 0 Å². The number of H-pyrrole nitrogens is 1. The molecule has 0 spiro atoms. The summed E-state index contributed by atoms with van der Waals surface area (Å²) in [7, 11) is 0. The number of pyridine rings is 1. The van der Waals surface area contributed by atoms with Crippen LogP contribution in [0.4, 0.5) is 0 Å². The number of aromatic nitrogens is 3. The molecule has 112 valence electrons. The Morgan fingerprint density at radius 2 is 1.95 bits per heavy atom. The first-order valence-electron chi connectivity index (χ1n) is 6.73. The minimum absolute atomic E-state index is 0.00875. The Labute approximate surface area is 120 Å². The quantitative estimate of drug-likeness (QED) is 0.679. The molecule has 2 rings (SSSR count). The number of imidazole rings is 1. The number of fused-ring (bicyclic) bond motifs is 1. The lowest BCUT2D eigenvalue weighted by molar-refractivity contribution is 0.0525. The number of nitrogens with zero attached hydrogens (tertiary/aromatic N) is 2. The van der Waals surface area contributed by atoms with Crippen LogP contribution >= 0.6 is 0 Å². The maximum absolute atomic E-state index is 12.2. The van der Waals surface area contributed by atoms with Crippen LogP contribution in [-0.4, -0.2) is 32.9 Å². The van der Waals surface area contributed by atoms with Gasteiger partial charge in [-0.1, -0.05) is 0 Å². The van der Waals surface area contributed by atoms with E-state index in [9.17, 15) is 14.4 Å². The molecular weight excluding hydrogens is 274 g/mol. The molecule has 2 aromatic rings. The van der Waals surface area contributed by atoms with Crippen molar-refractivity contribution >= 4 is 22.9 Å². The molecule has 7 heteroatoms. The first-order chi connectivity index (χ1) is 9.92. The molecule has 0 radical (unpaired) electrons. The monoisotopic (exact) mass is 291 g/mol. The number of aromatic amines is 1. The Morgan fingerprint density at radius 1 is 1.29 bits per heavy atom.